The zero-order valence-corrected chi connectivity index (χ0v) is 11.9. The minimum atomic E-state index is -0.182. The number of hydrogen-bond acceptors (Lipinski definition) is 2. The molecule has 2 amide bonds. The maximum Gasteiger partial charge on any atom is 0.319 e. The standard InChI is InChI=1S/C14H20ClN3O/c1-10-4-5-12(9-13(10)15)18-14(19)17-8-6-11-3-2-7-16-11/h4-5,9,11,16H,2-3,6-8H2,1H3,(H2,17,18,19)/t11-/m1/s1. The molecule has 0 unspecified atom stereocenters. The van der Waals surface area contributed by atoms with Crippen molar-refractivity contribution in [2.45, 2.75) is 32.2 Å². The highest BCUT2D eigenvalue weighted by atomic mass is 35.5. The number of amides is 2. The van der Waals surface area contributed by atoms with Gasteiger partial charge in [0, 0.05) is 23.3 Å². The van der Waals surface area contributed by atoms with E-state index >= 15 is 0 Å². The molecule has 104 valence electrons. The van der Waals surface area contributed by atoms with Crippen molar-refractivity contribution in [3.05, 3.63) is 28.8 Å². The van der Waals surface area contributed by atoms with Crippen LogP contribution < -0.4 is 16.0 Å². The zero-order chi connectivity index (χ0) is 13.7. The summed E-state index contributed by atoms with van der Waals surface area (Å²) in [4.78, 5) is 11.7. The Balaban J connectivity index is 1.72. The Hall–Kier alpha value is -1.26. The lowest BCUT2D eigenvalue weighted by Gasteiger charge is -2.12. The van der Waals surface area contributed by atoms with E-state index in [0.29, 0.717) is 23.3 Å². The highest BCUT2D eigenvalue weighted by Crippen LogP contribution is 2.19. The molecule has 1 aliphatic rings. The zero-order valence-electron chi connectivity index (χ0n) is 11.1. The fraction of sp³-hybridized carbons (Fsp3) is 0.500. The summed E-state index contributed by atoms with van der Waals surface area (Å²) in [7, 11) is 0. The van der Waals surface area contributed by atoms with Crippen LogP contribution in [0.5, 0.6) is 0 Å². The Morgan fingerprint density at radius 1 is 1.53 bits per heavy atom. The van der Waals surface area contributed by atoms with Gasteiger partial charge in [0.1, 0.15) is 0 Å². The number of halogens is 1. The molecule has 1 fully saturated rings. The van der Waals surface area contributed by atoms with Gasteiger partial charge in [0.2, 0.25) is 0 Å². The first-order valence-corrected chi connectivity index (χ1v) is 7.07. The van der Waals surface area contributed by atoms with E-state index in [4.69, 9.17) is 11.6 Å². The second-order valence-corrected chi connectivity index (χ2v) is 5.33. The smallest absolute Gasteiger partial charge is 0.319 e. The molecule has 0 radical (unpaired) electrons. The molecule has 0 spiro atoms. The van der Waals surface area contributed by atoms with Crippen LogP contribution in [0, 0.1) is 6.92 Å². The second kappa shape index (κ2) is 6.78. The molecule has 0 bridgehead atoms. The second-order valence-electron chi connectivity index (χ2n) is 4.93. The van der Waals surface area contributed by atoms with Gasteiger partial charge in [0.15, 0.2) is 0 Å². The normalized spacial score (nSPS) is 18.3. The lowest BCUT2D eigenvalue weighted by Crippen LogP contribution is -2.33. The minimum absolute atomic E-state index is 0.182. The monoisotopic (exact) mass is 281 g/mol. The fourth-order valence-corrected chi connectivity index (χ4v) is 2.39. The number of hydrogen-bond donors (Lipinski definition) is 3. The van der Waals surface area contributed by atoms with Gasteiger partial charge in [0.05, 0.1) is 0 Å². The Labute approximate surface area is 118 Å². The molecule has 0 aliphatic carbocycles. The van der Waals surface area contributed by atoms with Gasteiger partial charge < -0.3 is 16.0 Å². The molecule has 1 aromatic rings. The predicted octanol–water partition coefficient (Wildman–Crippen LogP) is 2.91. The van der Waals surface area contributed by atoms with Crippen molar-refractivity contribution in [1.82, 2.24) is 10.6 Å². The van der Waals surface area contributed by atoms with E-state index in [-0.39, 0.29) is 6.03 Å². The molecule has 3 N–H and O–H groups in total. The topological polar surface area (TPSA) is 53.2 Å². The van der Waals surface area contributed by atoms with Gasteiger partial charge >= 0.3 is 6.03 Å². The maximum absolute atomic E-state index is 11.7. The first kappa shape index (κ1) is 14.2. The van der Waals surface area contributed by atoms with Crippen LogP contribution in [0.3, 0.4) is 0 Å². The van der Waals surface area contributed by atoms with Crippen molar-refractivity contribution in [3.8, 4) is 0 Å². The van der Waals surface area contributed by atoms with Crippen LogP contribution in [0.1, 0.15) is 24.8 Å². The Morgan fingerprint density at radius 3 is 3.05 bits per heavy atom. The average molecular weight is 282 g/mol. The number of carbonyl (C=O) groups excluding carboxylic acids is 1. The summed E-state index contributed by atoms with van der Waals surface area (Å²) in [6.45, 7) is 3.71. The lowest BCUT2D eigenvalue weighted by molar-refractivity contribution is 0.251. The van der Waals surface area contributed by atoms with Gasteiger partial charge in [-0.15, -0.1) is 0 Å². The number of aryl methyl sites for hydroxylation is 1. The number of anilines is 1. The summed E-state index contributed by atoms with van der Waals surface area (Å²) < 4.78 is 0. The SMILES string of the molecule is Cc1ccc(NC(=O)NCC[C@H]2CCCN2)cc1Cl. The van der Waals surface area contributed by atoms with Crippen molar-refractivity contribution in [2.75, 3.05) is 18.4 Å². The number of urea groups is 1. The van der Waals surface area contributed by atoms with Gasteiger partial charge in [-0.25, -0.2) is 4.79 Å². The molecule has 0 aromatic heterocycles. The highest BCUT2D eigenvalue weighted by Gasteiger charge is 2.13. The van der Waals surface area contributed by atoms with Gasteiger partial charge in [-0.05, 0) is 50.4 Å². The molecular formula is C14H20ClN3O. The van der Waals surface area contributed by atoms with E-state index in [1.54, 1.807) is 6.07 Å². The van der Waals surface area contributed by atoms with Crippen molar-refractivity contribution in [2.24, 2.45) is 0 Å². The first-order valence-electron chi connectivity index (χ1n) is 6.69. The molecule has 1 aromatic carbocycles. The Kier molecular flexibility index (Phi) is 5.05. The van der Waals surface area contributed by atoms with Gasteiger partial charge in [-0.1, -0.05) is 17.7 Å². The largest absolute Gasteiger partial charge is 0.338 e. The average Bonchev–Trinajstić information content (AvgIpc) is 2.87. The summed E-state index contributed by atoms with van der Waals surface area (Å²) in [5.74, 6) is 0. The molecule has 1 aliphatic heterocycles. The summed E-state index contributed by atoms with van der Waals surface area (Å²) in [6.07, 6.45) is 3.41. The molecule has 1 heterocycles. The molecule has 19 heavy (non-hydrogen) atoms. The first-order chi connectivity index (χ1) is 9.15. The molecule has 1 atom stereocenters. The fourth-order valence-electron chi connectivity index (χ4n) is 2.21. The van der Waals surface area contributed by atoms with Crippen molar-refractivity contribution >= 4 is 23.3 Å². The summed E-state index contributed by atoms with van der Waals surface area (Å²) in [6, 6.07) is 5.86. The van der Waals surface area contributed by atoms with Crippen LogP contribution in [0.2, 0.25) is 5.02 Å². The minimum Gasteiger partial charge on any atom is -0.338 e. The summed E-state index contributed by atoms with van der Waals surface area (Å²) in [5.41, 5.74) is 1.71. The molecule has 0 saturated carbocycles. The van der Waals surface area contributed by atoms with Crippen molar-refractivity contribution in [1.29, 1.82) is 0 Å². The molecule has 1 saturated heterocycles. The van der Waals surface area contributed by atoms with Gasteiger partial charge in [-0.3, -0.25) is 0 Å². The van der Waals surface area contributed by atoms with Crippen LogP contribution in [0.25, 0.3) is 0 Å². The van der Waals surface area contributed by atoms with Crippen LogP contribution in [0.4, 0.5) is 10.5 Å². The highest BCUT2D eigenvalue weighted by molar-refractivity contribution is 6.31. The predicted molar refractivity (Wildman–Crippen MR) is 78.9 cm³/mol. The van der Waals surface area contributed by atoms with E-state index in [1.165, 1.54) is 12.8 Å². The molecular weight excluding hydrogens is 262 g/mol. The molecule has 5 heteroatoms. The Bertz CT molecular complexity index is 444. The van der Waals surface area contributed by atoms with Gasteiger partial charge in [0.25, 0.3) is 0 Å². The summed E-state index contributed by atoms with van der Waals surface area (Å²) in [5, 5.41) is 9.70. The van der Waals surface area contributed by atoms with E-state index in [9.17, 15) is 4.79 Å². The third-order valence-electron chi connectivity index (χ3n) is 3.37. The van der Waals surface area contributed by atoms with E-state index in [2.05, 4.69) is 16.0 Å². The van der Waals surface area contributed by atoms with Crippen molar-refractivity contribution < 1.29 is 4.79 Å². The lowest BCUT2D eigenvalue weighted by atomic mass is 10.1. The van der Waals surface area contributed by atoms with Crippen LogP contribution >= 0.6 is 11.6 Å². The van der Waals surface area contributed by atoms with E-state index < -0.39 is 0 Å². The number of rotatable bonds is 4. The third kappa shape index (κ3) is 4.40. The van der Waals surface area contributed by atoms with Crippen LogP contribution in [-0.4, -0.2) is 25.2 Å². The third-order valence-corrected chi connectivity index (χ3v) is 3.78. The Morgan fingerprint density at radius 2 is 2.37 bits per heavy atom. The number of benzene rings is 1. The maximum atomic E-state index is 11.7. The van der Waals surface area contributed by atoms with E-state index in [1.807, 2.05) is 19.1 Å². The van der Waals surface area contributed by atoms with E-state index in [0.717, 1.165) is 18.5 Å². The number of carbonyl (C=O) groups is 1. The van der Waals surface area contributed by atoms with Crippen LogP contribution in [-0.2, 0) is 0 Å². The molecule has 4 nitrogen and oxygen atoms in total. The van der Waals surface area contributed by atoms with Crippen LogP contribution in [0.15, 0.2) is 18.2 Å². The van der Waals surface area contributed by atoms with Crippen molar-refractivity contribution in [3.63, 3.8) is 0 Å². The summed E-state index contributed by atoms with van der Waals surface area (Å²) >= 11 is 6.01. The number of nitrogens with one attached hydrogen (secondary N) is 3. The quantitative estimate of drug-likeness (QED) is 0.795. The van der Waals surface area contributed by atoms with Gasteiger partial charge in [-0.2, -0.15) is 0 Å². The molecule has 2 rings (SSSR count).